The molecule has 0 unspecified atom stereocenters. The van der Waals surface area contributed by atoms with E-state index in [2.05, 4.69) is 53.6 Å². The summed E-state index contributed by atoms with van der Waals surface area (Å²) in [5, 5.41) is 15.0. The molecule has 0 aromatic heterocycles. The number of amides is 2. The lowest BCUT2D eigenvalue weighted by atomic mass is 9.97. The maximum absolute atomic E-state index is 11.7. The van der Waals surface area contributed by atoms with Gasteiger partial charge in [0.05, 0.1) is 0 Å². The minimum absolute atomic E-state index is 0.106. The molecule has 1 heterocycles. The highest BCUT2D eigenvalue weighted by atomic mass is 16.3. The predicted molar refractivity (Wildman–Crippen MR) is 98.2 cm³/mol. The first-order chi connectivity index (χ1) is 11.6. The van der Waals surface area contributed by atoms with Crippen LogP contribution in [-0.2, 0) is 6.54 Å². The molecular weight excluding hydrogens is 302 g/mol. The molecule has 0 atom stereocenters. The summed E-state index contributed by atoms with van der Waals surface area (Å²) in [5.41, 5.74) is 2.32. The van der Waals surface area contributed by atoms with E-state index in [4.69, 9.17) is 0 Å². The highest BCUT2D eigenvalue weighted by molar-refractivity contribution is 5.73. The number of aliphatic hydroxyl groups excluding tert-OH is 1. The summed E-state index contributed by atoms with van der Waals surface area (Å²) in [4.78, 5) is 14.1. The molecule has 3 N–H and O–H groups in total. The van der Waals surface area contributed by atoms with Crippen molar-refractivity contribution in [2.45, 2.75) is 39.7 Å². The Hall–Kier alpha value is -1.75. The second kappa shape index (κ2) is 9.52. The number of hydrogen-bond acceptors (Lipinski definition) is 3. The maximum atomic E-state index is 11.7. The molecule has 0 saturated carbocycles. The molecule has 0 aliphatic carbocycles. The molecule has 2 rings (SSSR count). The lowest BCUT2D eigenvalue weighted by molar-refractivity contribution is 0.203. The van der Waals surface area contributed by atoms with E-state index in [9.17, 15) is 9.90 Å². The second-order valence-electron chi connectivity index (χ2n) is 7.07. The minimum atomic E-state index is -0.106. The maximum Gasteiger partial charge on any atom is 0.315 e. The SMILES string of the molecule is CC(C)CCNC(=O)NCc1ccc(N2CCC(CO)CC2)cc1. The van der Waals surface area contributed by atoms with E-state index in [1.165, 1.54) is 5.69 Å². The van der Waals surface area contributed by atoms with Crippen LogP contribution in [0.5, 0.6) is 0 Å². The van der Waals surface area contributed by atoms with Crippen molar-refractivity contribution in [3.05, 3.63) is 29.8 Å². The molecule has 1 aliphatic rings. The predicted octanol–water partition coefficient (Wildman–Crippen LogP) is 2.74. The number of nitrogens with one attached hydrogen (secondary N) is 2. The average molecular weight is 333 g/mol. The van der Waals surface area contributed by atoms with Crippen LogP contribution in [-0.4, -0.2) is 37.4 Å². The van der Waals surface area contributed by atoms with Gasteiger partial charge in [-0.05, 0) is 48.8 Å². The lowest BCUT2D eigenvalue weighted by Crippen LogP contribution is -2.36. The Morgan fingerprint density at radius 3 is 2.46 bits per heavy atom. The quantitative estimate of drug-likeness (QED) is 0.719. The smallest absolute Gasteiger partial charge is 0.315 e. The van der Waals surface area contributed by atoms with Crippen LogP contribution >= 0.6 is 0 Å². The monoisotopic (exact) mass is 333 g/mol. The minimum Gasteiger partial charge on any atom is -0.396 e. The molecule has 1 aromatic carbocycles. The van der Waals surface area contributed by atoms with Crippen LogP contribution in [0.2, 0.25) is 0 Å². The van der Waals surface area contributed by atoms with Crippen molar-refractivity contribution in [3.63, 3.8) is 0 Å². The zero-order chi connectivity index (χ0) is 17.4. The zero-order valence-electron chi connectivity index (χ0n) is 14.9. The summed E-state index contributed by atoms with van der Waals surface area (Å²) in [6.45, 7) is 7.85. The Kier molecular flexibility index (Phi) is 7.37. The molecule has 24 heavy (non-hydrogen) atoms. The number of carbonyl (C=O) groups is 1. The van der Waals surface area contributed by atoms with Crippen molar-refractivity contribution in [1.82, 2.24) is 10.6 Å². The third-order valence-corrected chi connectivity index (χ3v) is 4.63. The van der Waals surface area contributed by atoms with Gasteiger partial charge in [0, 0.05) is 38.5 Å². The van der Waals surface area contributed by atoms with Crippen LogP contribution in [0.4, 0.5) is 10.5 Å². The van der Waals surface area contributed by atoms with E-state index in [-0.39, 0.29) is 6.03 Å². The summed E-state index contributed by atoms with van der Waals surface area (Å²) in [5.74, 6) is 1.05. The Morgan fingerprint density at radius 1 is 1.21 bits per heavy atom. The van der Waals surface area contributed by atoms with Gasteiger partial charge in [-0.3, -0.25) is 0 Å². The Balaban J connectivity index is 1.73. The number of anilines is 1. The first-order valence-corrected chi connectivity index (χ1v) is 9.05. The number of piperidine rings is 1. The molecule has 5 nitrogen and oxygen atoms in total. The van der Waals surface area contributed by atoms with E-state index in [0.717, 1.165) is 37.9 Å². The molecule has 1 fully saturated rings. The summed E-state index contributed by atoms with van der Waals surface area (Å²) in [6.07, 6.45) is 3.10. The van der Waals surface area contributed by atoms with Crippen molar-refractivity contribution in [3.8, 4) is 0 Å². The number of benzene rings is 1. The van der Waals surface area contributed by atoms with E-state index in [1.54, 1.807) is 0 Å². The number of carbonyl (C=O) groups excluding carboxylic acids is 1. The Labute approximate surface area is 145 Å². The highest BCUT2D eigenvalue weighted by Gasteiger charge is 2.18. The third kappa shape index (κ3) is 6.04. The fourth-order valence-electron chi connectivity index (χ4n) is 2.92. The highest BCUT2D eigenvalue weighted by Crippen LogP contribution is 2.23. The first kappa shape index (κ1) is 18.6. The number of nitrogens with zero attached hydrogens (tertiary/aromatic N) is 1. The molecule has 1 aliphatic heterocycles. The van der Waals surface area contributed by atoms with Crippen LogP contribution in [0.1, 0.15) is 38.7 Å². The molecular formula is C19H31N3O2. The average Bonchev–Trinajstić information content (AvgIpc) is 2.60. The zero-order valence-corrected chi connectivity index (χ0v) is 14.9. The number of rotatable bonds is 7. The van der Waals surface area contributed by atoms with Gasteiger partial charge < -0.3 is 20.6 Å². The van der Waals surface area contributed by atoms with Gasteiger partial charge in [0.2, 0.25) is 0 Å². The number of hydrogen-bond donors (Lipinski definition) is 3. The number of urea groups is 1. The summed E-state index contributed by atoms with van der Waals surface area (Å²) < 4.78 is 0. The molecule has 1 aromatic rings. The fourth-order valence-corrected chi connectivity index (χ4v) is 2.92. The molecule has 1 saturated heterocycles. The van der Waals surface area contributed by atoms with Gasteiger partial charge in [-0.25, -0.2) is 4.79 Å². The topological polar surface area (TPSA) is 64.6 Å². The van der Waals surface area contributed by atoms with Crippen LogP contribution in [0.3, 0.4) is 0 Å². The molecule has 0 radical (unpaired) electrons. The van der Waals surface area contributed by atoms with Crippen molar-refractivity contribution in [2.24, 2.45) is 11.8 Å². The van der Waals surface area contributed by atoms with Crippen LogP contribution in [0.25, 0.3) is 0 Å². The van der Waals surface area contributed by atoms with E-state index < -0.39 is 0 Å². The van der Waals surface area contributed by atoms with Crippen molar-refractivity contribution in [2.75, 3.05) is 31.1 Å². The van der Waals surface area contributed by atoms with E-state index in [1.807, 2.05) is 0 Å². The van der Waals surface area contributed by atoms with Crippen molar-refractivity contribution in [1.29, 1.82) is 0 Å². The van der Waals surface area contributed by atoms with E-state index in [0.29, 0.717) is 31.5 Å². The van der Waals surface area contributed by atoms with Crippen molar-refractivity contribution >= 4 is 11.7 Å². The summed E-state index contributed by atoms with van der Waals surface area (Å²) in [6, 6.07) is 8.27. The second-order valence-corrected chi connectivity index (χ2v) is 7.07. The van der Waals surface area contributed by atoms with Gasteiger partial charge in [0.1, 0.15) is 0 Å². The Morgan fingerprint density at radius 2 is 1.88 bits per heavy atom. The summed E-state index contributed by atoms with van der Waals surface area (Å²) >= 11 is 0. The Bertz CT molecular complexity index is 494. The van der Waals surface area contributed by atoms with Gasteiger partial charge in [0.25, 0.3) is 0 Å². The molecule has 2 amide bonds. The van der Waals surface area contributed by atoms with Gasteiger partial charge in [-0.15, -0.1) is 0 Å². The van der Waals surface area contributed by atoms with Gasteiger partial charge in [-0.2, -0.15) is 0 Å². The molecule has 5 heteroatoms. The third-order valence-electron chi connectivity index (χ3n) is 4.63. The van der Waals surface area contributed by atoms with Crippen molar-refractivity contribution < 1.29 is 9.90 Å². The first-order valence-electron chi connectivity index (χ1n) is 9.05. The van der Waals surface area contributed by atoms with Crippen LogP contribution in [0, 0.1) is 11.8 Å². The van der Waals surface area contributed by atoms with E-state index >= 15 is 0 Å². The number of aliphatic hydroxyl groups is 1. The van der Waals surface area contributed by atoms with Crippen LogP contribution < -0.4 is 15.5 Å². The summed E-state index contributed by atoms with van der Waals surface area (Å²) in [7, 11) is 0. The van der Waals surface area contributed by atoms with Gasteiger partial charge in [0.15, 0.2) is 0 Å². The standard InChI is InChI=1S/C19H31N3O2/c1-15(2)7-10-20-19(24)21-13-16-3-5-18(6-4-16)22-11-8-17(14-23)9-12-22/h3-6,15,17,23H,7-14H2,1-2H3,(H2,20,21,24). The lowest BCUT2D eigenvalue weighted by Gasteiger charge is -2.33. The normalized spacial score (nSPS) is 15.6. The fraction of sp³-hybridized carbons (Fsp3) is 0.632. The molecule has 134 valence electrons. The largest absolute Gasteiger partial charge is 0.396 e. The molecule has 0 spiro atoms. The molecule has 0 bridgehead atoms. The van der Waals surface area contributed by atoms with Gasteiger partial charge >= 0.3 is 6.03 Å². The van der Waals surface area contributed by atoms with Crippen LogP contribution in [0.15, 0.2) is 24.3 Å². The van der Waals surface area contributed by atoms with Gasteiger partial charge in [-0.1, -0.05) is 26.0 Å².